The van der Waals surface area contributed by atoms with E-state index in [2.05, 4.69) is 15.9 Å². The molecule has 1 atom stereocenters. The van der Waals surface area contributed by atoms with E-state index in [4.69, 9.17) is 14.6 Å². The van der Waals surface area contributed by atoms with Crippen molar-refractivity contribution in [3.05, 3.63) is 22.2 Å². The molecule has 5 heteroatoms. The van der Waals surface area contributed by atoms with Gasteiger partial charge in [-0.3, -0.25) is 4.79 Å². The Hall–Kier alpha value is -1.23. The minimum absolute atomic E-state index is 0.0236. The predicted octanol–water partition coefficient (Wildman–Crippen LogP) is 3.15. The Bertz CT molecular complexity index is 496. The molecule has 1 unspecified atom stereocenters. The molecule has 1 aliphatic carbocycles. The van der Waals surface area contributed by atoms with E-state index in [-0.39, 0.29) is 19.1 Å². The summed E-state index contributed by atoms with van der Waals surface area (Å²) in [6, 6.07) is 3.82. The van der Waals surface area contributed by atoms with Crippen LogP contribution in [0.4, 0.5) is 0 Å². The fourth-order valence-corrected chi connectivity index (χ4v) is 2.95. The van der Waals surface area contributed by atoms with Gasteiger partial charge in [0, 0.05) is 16.0 Å². The van der Waals surface area contributed by atoms with Crippen molar-refractivity contribution in [1.29, 1.82) is 0 Å². The maximum absolute atomic E-state index is 11.0. The second kappa shape index (κ2) is 4.46. The summed E-state index contributed by atoms with van der Waals surface area (Å²) in [5.41, 5.74) is 0.960. The molecule has 1 N–H and O–H groups in total. The topological polar surface area (TPSA) is 55.8 Å². The molecule has 96 valence electrons. The molecule has 0 radical (unpaired) electrons. The molecule has 1 aromatic carbocycles. The number of carboxylic acid groups (broad SMARTS) is 1. The molecule has 0 amide bonds. The van der Waals surface area contributed by atoms with E-state index in [0.29, 0.717) is 11.7 Å². The highest BCUT2D eigenvalue weighted by Gasteiger charge is 2.37. The fourth-order valence-electron chi connectivity index (χ4n) is 2.50. The predicted molar refractivity (Wildman–Crippen MR) is 68.0 cm³/mol. The van der Waals surface area contributed by atoms with Crippen LogP contribution in [0.3, 0.4) is 0 Å². The molecular weight excluding hydrogens is 300 g/mol. The molecule has 0 spiro atoms. The Morgan fingerprint density at radius 3 is 2.89 bits per heavy atom. The Morgan fingerprint density at radius 2 is 2.22 bits per heavy atom. The number of aliphatic carboxylic acids is 1. The Kier molecular flexibility index (Phi) is 2.93. The first-order valence-corrected chi connectivity index (χ1v) is 6.75. The second-order valence-electron chi connectivity index (χ2n) is 4.77. The fraction of sp³-hybridized carbons (Fsp3) is 0.462. The van der Waals surface area contributed by atoms with Crippen LogP contribution in [0.1, 0.15) is 30.7 Å². The van der Waals surface area contributed by atoms with Gasteiger partial charge >= 0.3 is 5.97 Å². The van der Waals surface area contributed by atoms with Crippen LogP contribution in [0.15, 0.2) is 16.6 Å². The van der Waals surface area contributed by atoms with Gasteiger partial charge < -0.3 is 14.6 Å². The van der Waals surface area contributed by atoms with Gasteiger partial charge in [-0.1, -0.05) is 15.9 Å². The van der Waals surface area contributed by atoms with Crippen molar-refractivity contribution in [2.24, 2.45) is 5.92 Å². The largest absolute Gasteiger partial charge is 0.481 e. The highest BCUT2D eigenvalue weighted by atomic mass is 79.9. The molecule has 2 aliphatic rings. The van der Waals surface area contributed by atoms with Gasteiger partial charge in [0.05, 0.1) is 6.42 Å². The molecule has 4 nitrogen and oxygen atoms in total. The Labute approximate surface area is 113 Å². The number of fused-ring (bicyclic) bond motifs is 1. The number of halogens is 1. The van der Waals surface area contributed by atoms with E-state index >= 15 is 0 Å². The van der Waals surface area contributed by atoms with Crippen LogP contribution in [-0.4, -0.2) is 17.9 Å². The van der Waals surface area contributed by atoms with Crippen molar-refractivity contribution < 1.29 is 19.4 Å². The molecule has 1 heterocycles. The molecule has 0 bridgehead atoms. The number of carboxylic acids is 1. The van der Waals surface area contributed by atoms with Gasteiger partial charge in [-0.2, -0.15) is 0 Å². The molecular formula is C13H13BrO4. The lowest BCUT2D eigenvalue weighted by Gasteiger charge is -2.17. The standard InChI is InChI=1S/C13H13BrO4/c14-8-3-10(13-11(4-8)17-6-18-13)9(5-12(15)16)7-1-2-7/h3-4,7,9H,1-2,5-6H2,(H,15,16). The highest BCUT2D eigenvalue weighted by molar-refractivity contribution is 9.10. The van der Waals surface area contributed by atoms with Gasteiger partial charge in [0.15, 0.2) is 11.5 Å². The maximum Gasteiger partial charge on any atom is 0.303 e. The number of hydrogen-bond donors (Lipinski definition) is 1. The third-order valence-electron chi connectivity index (χ3n) is 3.45. The van der Waals surface area contributed by atoms with Crippen molar-refractivity contribution >= 4 is 21.9 Å². The van der Waals surface area contributed by atoms with Crippen LogP contribution in [0.25, 0.3) is 0 Å². The first-order chi connectivity index (χ1) is 8.65. The first kappa shape index (κ1) is 11.8. The van der Waals surface area contributed by atoms with Gasteiger partial charge in [0.2, 0.25) is 6.79 Å². The van der Waals surface area contributed by atoms with Gasteiger partial charge in [0.1, 0.15) is 0 Å². The van der Waals surface area contributed by atoms with E-state index in [1.165, 1.54) is 0 Å². The molecule has 1 aliphatic heterocycles. The summed E-state index contributed by atoms with van der Waals surface area (Å²) in [6.45, 7) is 0.212. The number of hydrogen-bond acceptors (Lipinski definition) is 3. The lowest BCUT2D eigenvalue weighted by atomic mass is 9.90. The van der Waals surface area contributed by atoms with Gasteiger partial charge in [0.25, 0.3) is 0 Å². The van der Waals surface area contributed by atoms with Crippen LogP contribution >= 0.6 is 15.9 Å². The van der Waals surface area contributed by atoms with Crippen molar-refractivity contribution in [3.8, 4) is 11.5 Å². The average Bonchev–Trinajstić information content (AvgIpc) is 3.04. The summed E-state index contributed by atoms with van der Waals surface area (Å²) in [6.07, 6.45) is 2.34. The van der Waals surface area contributed by atoms with Crippen LogP contribution in [-0.2, 0) is 4.79 Å². The van der Waals surface area contributed by atoms with Gasteiger partial charge in [-0.15, -0.1) is 0 Å². The van der Waals surface area contributed by atoms with Crippen molar-refractivity contribution in [1.82, 2.24) is 0 Å². The zero-order valence-corrected chi connectivity index (χ0v) is 11.3. The van der Waals surface area contributed by atoms with E-state index < -0.39 is 5.97 Å². The van der Waals surface area contributed by atoms with Crippen LogP contribution in [0.2, 0.25) is 0 Å². The maximum atomic E-state index is 11.0. The van der Waals surface area contributed by atoms with Crippen molar-refractivity contribution in [2.75, 3.05) is 6.79 Å². The van der Waals surface area contributed by atoms with E-state index in [1.54, 1.807) is 0 Å². The van der Waals surface area contributed by atoms with Crippen molar-refractivity contribution in [2.45, 2.75) is 25.2 Å². The van der Waals surface area contributed by atoms with Crippen molar-refractivity contribution in [3.63, 3.8) is 0 Å². The smallest absolute Gasteiger partial charge is 0.303 e. The molecule has 3 rings (SSSR count). The highest BCUT2D eigenvalue weighted by Crippen LogP contribution is 2.50. The first-order valence-electron chi connectivity index (χ1n) is 5.96. The third-order valence-corrected chi connectivity index (χ3v) is 3.91. The average molecular weight is 313 g/mol. The van der Waals surface area contributed by atoms with Crippen LogP contribution in [0.5, 0.6) is 11.5 Å². The minimum atomic E-state index is -0.764. The molecule has 18 heavy (non-hydrogen) atoms. The molecule has 0 aromatic heterocycles. The normalized spacial score (nSPS) is 18.7. The molecule has 1 aromatic rings. The minimum Gasteiger partial charge on any atom is -0.481 e. The third kappa shape index (κ3) is 2.19. The van der Waals surface area contributed by atoms with E-state index in [9.17, 15) is 4.79 Å². The number of benzene rings is 1. The Morgan fingerprint density at radius 1 is 1.44 bits per heavy atom. The van der Waals surface area contributed by atoms with Gasteiger partial charge in [-0.05, 0) is 30.9 Å². The zero-order chi connectivity index (χ0) is 12.7. The van der Waals surface area contributed by atoms with E-state index in [1.807, 2.05) is 12.1 Å². The summed E-state index contributed by atoms with van der Waals surface area (Å²) < 4.78 is 11.8. The lowest BCUT2D eigenvalue weighted by Crippen LogP contribution is -2.09. The van der Waals surface area contributed by atoms with Crippen LogP contribution < -0.4 is 9.47 Å². The summed E-state index contributed by atoms with van der Waals surface area (Å²) in [4.78, 5) is 11.0. The lowest BCUT2D eigenvalue weighted by molar-refractivity contribution is -0.137. The number of ether oxygens (including phenoxy) is 2. The number of rotatable bonds is 4. The second-order valence-corrected chi connectivity index (χ2v) is 5.69. The molecule has 1 saturated carbocycles. The summed E-state index contributed by atoms with van der Waals surface area (Å²) in [5, 5.41) is 9.06. The number of carbonyl (C=O) groups is 1. The summed E-state index contributed by atoms with van der Waals surface area (Å²) in [7, 11) is 0. The summed E-state index contributed by atoms with van der Waals surface area (Å²) in [5.74, 6) is 1.14. The summed E-state index contributed by atoms with van der Waals surface area (Å²) >= 11 is 3.44. The Balaban J connectivity index is 2.00. The quantitative estimate of drug-likeness (QED) is 0.928. The SMILES string of the molecule is O=C(O)CC(c1cc(Br)cc2c1OCO2)C1CC1. The van der Waals surface area contributed by atoms with Gasteiger partial charge in [-0.25, -0.2) is 0 Å². The van der Waals surface area contributed by atoms with E-state index in [0.717, 1.165) is 28.6 Å². The molecule has 1 fully saturated rings. The van der Waals surface area contributed by atoms with Crippen LogP contribution in [0, 0.1) is 5.92 Å². The molecule has 0 saturated heterocycles. The zero-order valence-electron chi connectivity index (χ0n) is 9.69. The monoisotopic (exact) mass is 312 g/mol.